The summed E-state index contributed by atoms with van der Waals surface area (Å²) in [6, 6.07) is 3.74. The maximum absolute atomic E-state index is 10.0. The van der Waals surface area contributed by atoms with E-state index in [1.54, 1.807) is 30.3 Å². The van der Waals surface area contributed by atoms with Gasteiger partial charge in [-0.25, -0.2) is 0 Å². The lowest BCUT2D eigenvalue weighted by Crippen LogP contribution is -2.06. The topological polar surface area (TPSA) is 77.0 Å². The van der Waals surface area contributed by atoms with Crippen LogP contribution in [0.5, 0.6) is 0 Å². The Morgan fingerprint density at radius 3 is 2.69 bits per heavy atom. The molecule has 2 aromatic rings. The molecule has 3 N–H and O–H groups in total. The summed E-state index contributed by atoms with van der Waals surface area (Å²) in [5.41, 5.74) is 7.47. The van der Waals surface area contributed by atoms with E-state index in [0.29, 0.717) is 17.8 Å². The van der Waals surface area contributed by atoms with Gasteiger partial charge in [0.25, 0.3) is 0 Å². The third-order valence-electron chi connectivity index (χ3n) is 2.55. The van der Waals surface area contributed by atoms with Crippen LogP contribution in [-0.2, 0) is 13.5 Å². The van der Waals surface area contributed by atoms with Crippen LogP contribution in [-0.4, -0.2) is 19.9 Å². The molecule has 84 valence electrons. The van der Waals surface area contributed by atoms with Gasteiger partial charge in [-0.1, -0.05) is 0 Å². The number of nitrogens with zero attached hydrogens (tertiary/aromatic N) is 3. The molecule has 2 rings (SSSR count). The number of rotatable bonds is 3. The highest BCUT2D eigenvalue weighted by atomic mass is 16.3. The van der Waals surface area contributed by atoms with E-state index in [0.717, 1.165) is 5.56 Å². The fraction of sp³-hybridized carbons (Fsp3) is 0.273. The predicted octanol–water partition coefficient (Wildman–Crippen LogP) is 0.673. The minimum absolute atomic E-state index is 0.501. The first kappa shape index (κ1) is 10.6. The van der Waals surface area contributed by atoms with Crippen molar-refractivity contribution in [2.45, 2.75) is 12.5 Å². The second-order valence-corrected chi connectivity index (χ2v) is 3.68. The van der Waals surface area contributed by atoms with Crippen molar-refractivity contribution >= 4 is 5.82 Å². The van der Waals surface area contributed by atoms with E-state index in [2.05, 4.69) is 10.1 Å². The van der Waals surface area contributed by atoms with Crippen molar-refractivity contribution in [3.8, 4) is 0 Å². The minimum atomic E-state index is -0.629. The molecule has 1 atom stereocenters. The van der Waals surface area contributed by atoms with E-state index < -0.39 is 6.10 Å². The maximum atomic E-state index is 10.0. The molecule has 5 nitrogen and oxygen atoms in total. The van der Waals surface area contributed by atoms with Crippen LogP contribution in [0.4, 0.5) is 5.82 Å². The smallest absolute Gasteiger partial charge is 0.127 e. The average molecular weight is 218 g/mol. The number of aliphatic hydroxyl groups is 1. The molecule has 0 radical (unpaired) electrons. The number of nitrogens with two attached hydrogens (primary N) is 1. The van der Waals surface area contributed by atoms with Gasteiger partial charge in [0.2, 0.25) is 0 Å². The molecule has 0 aliphatic heterocycles. The summed E-state index contributed by atoms with van der Waals surface area (Å²) in [6.45, 7) is 0. The summed E-state index contributed by atoms with van der Waals surface area (Å²) >= 11 is 0. The van der Waals surface area contributed by atoms with E-state index in [9.17, 15) is 5.11 Å². The van der Waals surface area contributed by atoms with Crippen molar-refractivity contribution in [1.29, 1.82) is 0 Å². The van der Waals surface area contributed by atoms with Crippen LogP contribution in [0.2, 0.25) is 0 Å². The molecule has 16 heavy (non-hydrogen) atoms. The fourth-order valence-corrected chi connectivity index (χ4v) is 1.57. The lowest BCUT2D eigenvalue weighted by atomic mass is 10.0. The Kier molecular flexibility index (Phi) is 2.87. The molecule has 5 heteroatoms. The van der Waals surface area contributed by atoms with Crippen molar-refractivity contribution in [3.05, 3.63) is 41.9 Å². The first-order valence-electron chi connectivity index (χ1n) is 5.03. The number of aliphatic hydroxyl groups excluding tert-OH is 1. The van der Waals surface area contributed by atoms with Crippen LogP contribution in [0.25, 0.3) is 0 Å². The molecule has 0 fully saturated rings. The molecular weight excluding hydrogens is 204 g/mol. The Bertz CT molecular complexity index is 466. The molecule has 0 spiro atoms. The average Bonchev–Trinajstić information content (AvgIpc) is 2.61. The summed E-state index contributed by atoms with van der Waals surface area (Å²) in [4.78, 5) is 3.92. The normalized spacial score (nSPS) is 12.6. The Labute approximate surface area is 93.5 Å². The lowest BCUT2D eigenvalue weighted by molar-refractivity contribution is 0.179. The van der Waals surface area contributed by atoms with E-state index in [4.69, 9.17) is 5.73 Å². The third-order valence-corrected chi connectivity index (χ3v) is 2.55. The summed E-state index contributed by atoms with van der Waals surface area (Å²) < 4.78 is 1.55. The quantitative estimate of drug-likeness (QED) is 0.794. The van der Waals surface area contributed by atoms with E-state index in [1.807, 2.05) is 12.1 Å². The first-order chi connectivity index (χ1) is 7.68. The Morgan fingerprint density at radius 2 is 2.12 bits per heavy atom. The highest BCUT2D eigenvalue weighted by molar-refractivity contribution is 5.40. The summed E-state index contributed by atoms with van der Waals surface area (Å²) in [7, 11) is 1.75. The second-order valence-electron chi connectivity index (χ2n) is 3.68. The van der Waals surface area contributed by atoms with Gasteiger partial charge in [-0.3, -0.25) is 9.67 Å². The number of aromatic nitrogens is 3. The molecule has 2 aromatic heterocycles. The molecule has 0 saturated carbocycles. The fourth-order valence-electron chi connectivity index (χ4n) is 1.57. The molecule has 2 heterocycles. The summed E-state index contributed by atoms with van der Waals surface area (Å²) in [6.07, 6.45) is 4.89. The number of aryl methyl sites for hydroxylation is 1. The number of hydrogen-bond donors (Lipinski definition) is 2. The molecular formula is C11H14N4O. The molecule has 0 amide bonds. The summed E-state index contributed by atoms with van der Waals surface area (Å²) in [5, 5.41) is 14.0. The first-order valence-corrected chi connectivity index (χ1v) is 5.03. The Morgan fingerprint density at radius 1 is 1.44 bits per heavy atom. The molecule has 0 aliphatic carbocycles. The maximum Gasteiger partial charge on any atom is 0.127 e. The van der Waals surface area contributed by atoms with Gasteiger partial charge in [0.15, 0.2) is 0 Å². The summed E-state index contributed by atoms with van der Waals surface area (Å²) in [5.74, 6) is 0.501. The number of hydrogen-bond acceptors (Lipinski definition) is 4. The Hall–Kier alpha value is -1.88. The molecule has 0 saturated heterocycles. The zero-order valence-electron chi connectivity index (χ0n) is 9.04. The van der Waals surface area contributed by atoms with Crippen molar-refractivity contribution < 1.29 is 5.11 Å². The highest BCUT2D eigenvalue weighted by Gasteiger charge is 2.14. The van der Waals surface area contributed by atoms with Crippen LogP contribution in [0.15, 0.2) is 30.7 Å². The minimum Gasteiger partial charge on any atom is -0.388 e. The number of pyridine rings is 1. The van der Waals surface area contributed by atoms with E-state index in [1.165, 1.54) is 0 Å². The molecule has 0 aromatic carbocycles. The molecule has 0 bridgehead atoms. The van der Waals surface area contributed by atoms with Gasteiger partial charge in [-0.05, 0) is 17.7 Å². The highest BCUT2D eigenvalue weighted by Crippen LogP contribution is 2.22. The SMILES string of the molecule is Cn1ncc(C(O)Cc2ccncc2)c1N. The van der Waals surface area contributed by atoms with Crippen LogP contribution >= 0.6 is 0 Å². The van der Waals surface area contributed by atoms with Gasteiger partial charge < -0.3 is 10.8 Å². The molecule has 0 aliphatic rings. The van der Waals surface area contributed by atoms with Crippen molar-refractivity contribution in [3.63, 3.8) is 0 Å². The molecule has 1 unspecified atom stereocenters. The van der Waals surface area contributed by atoms with Gasteiger partial charge in [0.1, 0.15) is 5.82 Å². The van der Waals surface area contributed by atoms with Crippen LogP contribution in [0.1, 0.15) is 17.2 Å². The third kappa shape index (κ3) is 2.04. The van der Waals surface area contributed by atoms with Gasteiger partial charge in [0.05, 0.1) is 12.3 Å². The number of nitrogen functional groups attached to an aromatic ring is 1. The monoisotopic (exact) mass is 218 g/mol. The van der Waals surface area contributed by atoms with E-state index >= 15 is 0 Å². The van der Waals surface area contributed by atoms with E-state index in [-0.39, 0.29) is 0 Å². The largest absolute Gasteiger partial charge is 0.388 e. The zero-order chi connectivity index (χ0) is 11.5. The second kappa shape index (κ2) is 4.32. The predicted molar refractivity (Wildman–Crippen MR) is 60.5 cm³/mol. The van der Waals surface area contributed by atoms with Gasteiger partial charge >= 0.3 is 0 Å². The van der Waals surface area contributed by atoms with Gasteiger partial charge in [0, 0.05) is 31.4 Å². The zero-order valence-corrected chi connectivity index (χ0v) is 9.04. The van der Waals surface area contributed by atoms with Crippen molar-refractivity contribution in [1.82, 2.24) is 14.8 Å². The van der Waals surface area contributed by atoms with Gasteiger partial charge in [-0.2, -0.15) is 5.10 Å². The standard InChI is InChI=1S/C11H14N4O/c1-15-11(12)9(7-14-15)10(16)6-8-2-4-13-5-3-8/h2-5,7,10,16H,6,12H2,1H3. The van der Waals surface area contributed by atoms with Crippen LogP contribution < -0.4 is 5.73 Å². The van der Waals surface area contributed by atoms with Crippen LogP contribution in [0, 0.1) is 0 Å². The van der Waals surface area contributed by atoms with Crippen LogP contribution in [0.3, 0.4) is 0 Å². The number of anilines is 1. The van der Waals surface area contributed by atoms with Crippen molar-refractivity contribution in [2.75, 3.05) is 5.73 Å². The van der Waals surface area contributed by atoms with Gasteiger partial charge in [-0.15, -0.1) is 0 Å². The van der Waals surface area contributed by atoms with Crippen molar-refractivity contribution in [2.24, 2.45) is 7.05 Å². The Balaban J connectivity index is 2.15. The lowest BCUT2D eigenvalue weighted by Gasteiger charge is -2.09.